The van der Waals surface area contributed by atoms with Crippen LogP contribution in [0.5, 0.6) is 0 Å². The van der Waals surface area contributed by atoms with Crippen molar-refractivity contribution in [3.05, 3.63) is 69.9 Å². The first kappa shape index (κ1) is 21.4. The molecule has 0 aliphatic carbocycles. The van der Waals surface area contributed by atoms with Gasteiger partial charge in [0.05, 0.1) is 6.04 Å². The number of carbonyl (C=O) groups is 1. The molecule has 1 atom stereocenters. The van der Waals surface area contributed by atoms with Crippen molar-refractivity contribution in [3.63, 3.8) is 0 Å². The van der Waals surface area contributed by atoms with Gasteiger partial charge in [-0.15, -0.1) is 10.2 Å². The van der Waals surface area contributed by atoms with E-state index < -0.39 is 44.3 Å². The van der Waals surface area contributed by atoms with Gasteiger partial charge in [-0.2, -0.15) is 4.31 Å². The number of nitrogens with zero attached hydrogens (tertiary/aromatic N) is 3. The normalized spacial score (nSPS) is 17.1. The summed E-state index contributed by atoms with van der Waals surface area (Å²) >= 11 is 0.914. The molecule has 4 rings (SSSR count). The van der Waals surface area contributed by atoms with Gasteiger partial charge in [0.1, 0.15) is 27.4 Å². The van der Waals surface area contributed by atoms with Gasteiger partial charge >= 0.3 is 0 Å². The fourth-order valence-electron chi connectivity index (χ4n) is 3.26. The first-order valence-corrected chi connectivity index (χ1v) is 11.4. The van der Waals surface area contributed by atoms with Crippen LogP contribution in [0.1, 0.15) is 33.7 Å². The van der Waals surface area contributed by atoms with Crippen molar-refractivity contribution in [1.82, 2.24) is 14.5 Å². The molecule has 0 saturated carbocycles. The highest BCUT2D eigenvalue weighted by Gasteiger charge is 2.39. The van der Waals surface area contributed by atoms with E-state index in [9.17, 15) is 26.4 Å². The number of carbonyl (C=O) groups excluding carboxylic acids is 1. The quantitative estimate of drug-likeness (QED) is 0.616. The van der Waals surface area contributed by atoms with Crippen LogP contribution in [-0.4, -0.2) is 35.4 Å². The number of sulfonamides is 1. The molecule has 3 aromatic rings. The summed E-state index contributed by atoms with van der Waals surface area (Å²) in [6.45, 7) is 0.126. The van der Waals surface area contributed by atoms with Gasteiger partial charge in [-0.3, -0.25) is 4.79 Å². The third-order valence-electron chi connectivity index (χ3n) is 4.71. The van der Waals surface area contributed by atoms with Crippen molar-refractivity contribution >= 4 is 33.0 Å². The smallest absolute Gasteiger partial charge is 0.286 e. The molecule has 1 unspecified atom stereocenters. The monoisotopic (exact) mass is 468 g/mol. The van der Waals surface area contributed by atoms with Gasteiger partial charge in [-0.1, -0.05) is 11.3 Å². The molecule has 7 nitrogen and oxygen atoms in total. The number of benzene rings is 2. The van der Waals surface area contributed by atoms with Crippen molar-refractivity contribution in [1.29, 1.82) is 0 Å². The van der Waals surface area contributed by atoms with Gasteiger partial charge in [0.25, 0.3) is 5.91 Å². The number of aromatic nitrogens is 2. The molecule has 1 aliphatic heterocycles. The molecule has 0 bridgehead atoms. The summed E-state index contributed by atoms with van der Waals surface area (Å²) < 4.78 is 67.3. The van der Waals surface area contributed by atoms with Crippen molar-refractivity contribution in [2.45, 2.75) is 23.8 Å². The lowest BCUT2D eigenvalue weighted by atomic mass is 10.2. The van der Waals surface area contributed by atoms with Gasteiger partial charge in [0.2, 0.25) is 15.0 Å². The van der Waals surface area contributed by atoms with E-state index in [1.165, 1.54) is 24.3 Å². The molecule has 12 heteroatoms. The maximum atomic E-state index is 14.1. The standard InChI is InChI=1S/C19H15F3N4O3S2/c20-11-3-6-13(7-4-11)23-17(27)19-25-24-18(30-19)15-2-1-9-26(15)31(28,29)16-8-5-12(21)10-14(16)22/h3-8,10,15H,1-2,9H2,(H,23,27). The molecule has 0 spiro atoms. The zero-order valence-electron chi connectivity index (χ0n) is 15.8. The van der Waals surface area contributed by atoms with Crippen LogP contribution in [-0.2, 0) is 10.0 Å². The molecule has 1 aromatic heterocycles. The van der Waals surface area contributed by atoms with Gasteiger partial charge in [0, 0.05) is 18.3 Å². The molecule has 2 aromatic carbocycles. The number of amides is 1. The Morgan fingerprint density at radius 3 is 2.48 bits per heavy atom. The molecule has 1 fully saturated rings. The molecule has 1 N–H and O–H groups in total. The minimum absolute atomic E-state index is 0.00321. The first-order chi connectivity index (χ1) is 14.8. The van der Waals surface area contributed by atoms with Gasteiger partial charge in [-0.25, -0.2) is 21.6 Å². The molecule has 31 heavy (non-hydrogen) atoms. The molecule has 2 heterocycles. The number of rotatable bonds is 5. The lowest BCUT2D eigenvalue weighted by Gasteiger charge is -2.22. The summed E-state index contributed by atoms with van der Waals surface area (Å²) in [7, 11) is -4.25. The van der Waals surface area contributed by atoms with Crippen LogP contribution in [0.25, 0.3) is 0 Å². The van der Waals surface area contributed by atoms with E-state index in [1.54, 1.807) is 0 Å². The third-order valence-corrected chi connectivity index (χ3v) is 7.67. The Hall–Kier alpha value is -2.83. The van der Waals surface area contributed by atoms with Gasteiger partial charge in [-0.05, 0) is 49.2 Å². The fourth-order valence-corrected chi connectivity index (χ4v) is 5.92. The molecular weight excluding hydrogens is 453 g/mol. The number of halogens is 3. The van der Waals surface area contributed by atoms with Crippen LogP contribution in [0.15, 0.2) is 47.4 Å². The topological polar surface area (TPSA) is 92.3 Å². The van der Waals surface area contributed by atoms with Crippen LogP contribution < -0.4 is 5.32 Å². The Morgan fingerprint density at radius 1 is 1.06 bits per heavy atom. The Kier molecular flexibility index (Phi) is 5.77. The van der Waals surface area contributed by atoms with Gasteiger partial charge < -0.3 is 5.32 Å². The second-order valence-corrected chi connectivity index (χ2v) is 9.62. The van der Waals surface area contributed by atoms with Crippen molar-refractivity contribution < 1.29 is 26.4 Å². The summed E-state index contributed by atoms with van der Waals surface area (Å²) in [4.78, 5) is 11.8. The maximum absolute atomic E-state index is 14.1. The van der Waals surface area contributed by atoms with Crippen LogP contribution >= 0.6 is 11.3 Å². The summed E-state index contributed by atoms with van der Waals surface area (Å²) in [6, 6.07) is 6.71. The molecule has 1 saturated heterocycles. The second kappa shape index (κ2) is 8.36. The Morgan fingerprint density at radius 2 is 1.77 bits per heavy atom. The lowest BCUT2D eigenvalue weighted by Crippen LogP contribution is -2.31. The van der Waals surface area contributed by atoms with Crippen molar-refractivity contribution in [2.24, 2.45) is 0 Å². The Bertz CT molecular complexity index is 1230. The minimum atomic E-state index is -4.25. The van der Waals surface area contributed by atoms with Crippen LogP contribution in [0.3, 0.4) is 0 Å². The number of hydrogen-bond donors (Lipinski definition) is 1. The number of hydrogen-bond acceptors (Lipinski definition) is 6. The SMILES string of the molecule is O=C(Nc1ccc(F)cc1)c1nnc(C2CCCN2S(=O)(=O)c2ccc(F)cc2F)s1. The van der Waals surface area contributed by atoms with Crippen LogP contribution in [0.4, 0.5) is 18.9 Å². The van der Waals surface area contributed by atoms with Crippen molar-refractivity contribution in [3.8, 4) is 0 Å². The molecular formula is C19H15F3N4O3S2. The number of nitrogens with one attached hydrogen (secondary N) is 1. The highest BCUT2D eigenvalue weighted by molar-refractivity contribution is 7.89. The molecule has 1 aliphatic rings. The predicted octanol–water partition coefficient (Wildman–Crippen LogP) is 3.73. The molecule has 0 radical (unpaired) electrons. The first-order valence-electron chi connectivity index (χ1n) is 9.13. The second-order valence-electron chi connectivity index (χ2n) is 6.75. The summed E-state index contributed by atoms with van der Waals surface area (Å²) in [5.41, 5.74) is 0.361. The van der Waals surface area contributed by atoms with Crippen molar-refractivity contribution in [2.75, 3.05) is 11.9 Å². The largest absolute Gasteiger partial charge is 0.320 e. The maximum Gasteiger partial charge on any atom is 0.286 e. The highest BCUT2D eigenvalue weighted by atomic mass is 32.2. The molecule has 162 valence electrons. The summed E-state index contributed by atoms with van der Waals surface area (Å²) in [5, 5.41) is 10.6. The van der Waals surface area contributed by atoms with E-state index in [0.29, 0.717) is 24.6 Å². The average molecular weight is 468 g/mol. The Balaban J connectivity index is 1.56. The summed E-state index contributed by atoms with van der Waals surface area (Å²) in [6.07, 6.45) is 0.916. The van der Waals surface area contributed by atoms with E-state index in [1.807, 2.05) is 0 Å². The minimum Gasteiger partial charge on any atom is -0.320 e. The van der Waals surface area contributed by atoms with E-state index in [2.05, 4.69) is 15.5 Å². The number of anilines is 1. The predicted molar refractivity (Wildman–Crippen MR) is 106 cm³/mol. The van der Waals surface area contributed by atoms with Crippen LogP contribution in [0, 0.1) is 17.5 Å². The fraction of sp³-hybridized carbons (Fsp3) is 0.211. The highest BCUT2D eigenvalue weighted by Crippen LogP contribution is 2.38. The van der Waals surface area contributed by atoms with Crippen LogP contribution in [0.2, 0.25) is 0 Å². The Labute approximate surface area is 179 Å². The third kappa shape index (κ3) is 4.31. The summed E-state index contributed by atoms with van der Waals surface area (Å²) in [5.74, 6) is -3.08. The zero-order valence-corrected chi connectivity index (χ0v) is 17.4. The van der Waals surface area contributed by atoms with E-state index in [-0.39, 0.29) is 16.6 Å². The van der Waals surface area contributed by atoms with E-state index in [0.717, 1.165) is 27.8 Å². The average Bonchev–Trinajstić information content (AvgIpc) is 3.39. The van der Waals surface area contributed by atoms with E-state index in [4.69, 9.17) is 0 Å². The van der Waals surface area contributed by atoms with Gasteiger partial charge in [0.15, 0.2) is 0 Å². The molecule has 1 amide bonds. The lowest BCUT2D eigenvalue weighted by molar-refractivity contribution is 0.102. The zero-order chi connectivity index (χ0) is 22.2. The van der Waals surface area contributed by atoms with E-state index >= 15 is 0 Å².